The van der Waals surface area contributed by atoms with E-state index in [0.717, 1.165) is 12.5 Å². The van der Waals surface area contributed by atoms with Gasteiger partial charge in [-0.05, 0) is 31.0 Å². The SMILES string of the molecule is NNC(=S)NCC1CCCC1. The highest BCUT2D eigenvalue weighted by atomic mass is 32.1. The third kappa shape index (κ3) is 3.03. The van der Waals surface area contributed by atoms with E-state index in [1.807, 2.05) is 0 Å². The summed E-state index contributed by atoms with van der Waals surface area (Å²) in [6, 6.07) is 0. The van der Waals surface area contributed by atoms with Gasteiger partial charge in [-0.1, -0.05) is 12.8 Å². The monoisotopic (exact) mass is 173 g/mol. The molecule has 0 heterocycles. The van der Waals surface area contributed by atoms with Gasteiger partial charge in [0.1, 0.15) is 0 Å². The van der Waals surface area contributed by atoms with Gasteiger partial charge in [0.25, 0.3) is 0 Å². The minimum absolute atomic E-state index is 0.553. The van der Waals surface area contributed by atoms with Crippen molar-refractivity contribution in [3.8, 4) is 0 Å². The van der Waals surface area contributed by atoms with Crippen LogP contribution in [0.1, 0.15) is 25.7 Å². The fraction of sp³-hybridized carbons (Fsp3) is 0.857. The van der Waals surface area contributed by atoms with Crippen molar-refractivity contribution in [3.05, 3.63) is 0 Å². The van der Waals surface area contributed by atoms with Gasteiger partial charge < -0.3 is 10.7 Å². The molecule has 0 radical (unpaired) electrons. The van der Waals surface area contributed by atoms with Crippen LogP contribution in [0.25, 0.3) is 0 Å². The van der Waals surface area contributed by atoms with Gasteiger partial charge in [-0.15, -0.1) is 0 Å². The fourth-order valence-corrected chi connectivity index (χ4v) is 1.59. The second kappa shape index (κ2) is 4.51. The van der Waals surface area contributed by atoms with Crippen molar-refractivity contribution in [2.24, 2.45) is 11.8 Å². The predicted octanol–water partition coefficient (Wildman–Crippen LogP) is 0.514. The topological polar surface area (TPSA) is 50.1 Å². The molecular formula is C7H15N3S. The summed E-state index contributed by atoms with van der Waals surface area (Å²) in [6.45, 7) is 0.975. The minimum Gasteiger partial charge on any atom is -0.361 e. The van der Waals surface area contributed by atoms with E-state index in [1.54, 1.807) is 0 Å². The Labute approximate surface area is 72.7 Å². The Balaban J connectivity index is 2.06. The van der Waals surface area contributed by atoms with E-state index in [9.17, 15) is 0 Å². The summed E-state index contributed by atoms with van der Waals surface area (Å²) in [5, 5.41) is 3.62. The molecule has 1 saturated carbocycles. The van der Waals surface area contributed by atoms with Crippen LogP contribution in [0.2, 0.25) is 0 Å². The zero-order valence-electron chi connectivity index (χ0n) is 6.60. The number of thiocarbonyl (C=S) groups is 1. The normalized spacial score (nSPS) is 18.3. The maximum Gasteiger partial charge on any atom is 0.180 e. The van der Waals surface area contributed by atoms with E-state index in [-0.39, 0.29) is 0 Å². The zero-order valence-corrected chi connectivity index (χ0v) is 7.41. The lowest BCUT2D eigenvalue weighted by molar-refractivity contribution is 0.534. The number of hydrazine groups is 1. The van der Waals surface area contributed by atoms with Crippen LogP contribution in [0.5, 0.6) is 0 Å². The second-order valence-corrected chi connectivity index (χ2v) is 3.41. The highest BCUT2D eigenvalue weighted by Crippen LogP contribution is 2.23. The molecule has 0 aromatic heterocycles. The van der Waals surface area contributed by atoms with Gasteiger partial charge in [-0.2, -0.15) is 0 Å². The third-order valence-corrected chi connectivity index (χ3v) is 2.42. The Morgan fingerprint density at radius 1 is 1.45 bits per heavy atom. The van der Waals surface area contributed by atoms with Crippen LogP contribution in [0.4, 0.5) is 0 Å². The average molecular weight is 173 g/mol. The summed E-state index contributed by atoms with van der Waals surface area (Å²) >= 11 is 4.84. The van der Waals surface area contributed by atoms with E-state index < -0.39 is 0 Å². The zero-order chi connectivity index (χ0) is 8.10. The van der Waals surface area contributed by atoms with Crippen molar-refractivity contribution in [1.82, 2.24) is 10.7 Å². The molecule has 0 aromatic carbocycles. The van der Waals surface area contributed by atoms with Crippen LogP contribution < -0.4 is 16.6 Å². The summed E-state index contributed by atoms with van der Waals surface area (Å²) in [6.07, 6.45) is 5.41. The molecule has 0 unspecified atom stereocenters. The number of hydrogen-bond acceptors (Lipinski definition) is 2. The number of rotatable bonds is 2. The van der Waals surface area contributed by atoms with Gasteiger partial charge in [0.2, 0.25) is 0 Å². The summed E-state index contributed by atoms with van der Waals surface area (Å²) < 4.78 is 0. The van der Waals surface area contributed by atoms with Crippen molar-refractivity contribution in [1.29, 1.82) is 0 Å². The van der Waals surface area contributed by atoms with Crippen molar-refractivity contribution in [2.75, 3.05) is 6.54 Å². The van der Waals surface area contributed by atoms with E-state index in [0.29, 0.717) is 5.11 Å². The Bertz CT molecular complexity index is 132. The molecule has 0 aromatic rings. The quantitative estimate of drug-likeness (QED) is 0.324. The molecule has 1 aliphatic rings. The van der Waals surface area contributed by atoms with E-state index >= 15 is 0 Å². The Morgan fingerprint density at radius 2 is 2.09 bits per heavy atom. The molecule has 0 spiro atoms. The second-order valence-electron chi connectivity index (χ2n) is 3.00. The number of nitrogens with one attached hydrogen (secondary N) is 2. The summed E-state index contributed by atoms with van der Waals surface area (Å²) in [7, 11) is 0. The van der Waals surface area contributed by atoms with E-state index in [4.69, 9.17) is 18.1 Å². The lowest BCUT2D eigenvalue weighted by Gasteiger charge is -2.11. The van der Waals surface area contributed by atoms with Gasteiger partial charge in [-0.25, -0.2) is 5.84 Å². The first-order chi connectivity index (χ1) is 5.33. The van der Waals surface area contributed by atoms with E-state index in [1.165, 1.54) is 25.7 Å². The van der Waals surface area contributed by atoms with Crippen LogP contribution in [0.15, 0.2) is 0 Å². The molecule has 1 fully saturated rings. The van der Waals surface area contributed by atoms with Gasteiger partial charge in [0.05, 0.1) is 0 Å². The molecule has 0 amide bonds. The maximum atomic E-state index is 5.10. The summed E-state index contributed by atoms with van der Waals surface area (Å²) in [5.74, 6) is 5.91. The third-order valence-electron chi connectivity index (χ3n) is 2.16. The molecule has 3 nitrogen and oxygen atoms in total. The lowest BCUT2D eigenvalue weighted by Crippen LogP contribution is -2.41. The molecule has 0 bridgehead atoms. The van der Waals surface area contributed by atoms with E-state index in [2.05, 4.69) is 10.7 Å². The molecule has 1 rings (SSSR count). The Morgan fingerprint density at radius 3 is 2.64 bits per heavy atom. The predicted molar refractivity (Wildman–Crippen MR) is 49.9 cm³/mol. The number of hydrogen-bond donors (Lipinski definition) is 3. The lowest BCUT2D eigenvalue weighted by atomic mass is 10.1. The molecular weight excluding hydrogens is 158 g/mol. The van der Waals surface area contributed by atoms with Crippen LogP contribution in [-0.4, -0.2) is 11.7 Å². The maximum absolute atomic E-state index is 5.10. The average Bonchev–Trinajstić information content (AvgIpc) is 2.52. The molecule has 4 N–H and O–H groups in total. The summed E-state index contributed by atoms with van der Waals surface area (Å²) in [5.41, 5.74) is 2.41. The molecule has 4 heteroatoms. The Hall–Kier alpha value is -0.350. The summed E-state index contributed by atoms with van der Waals surface area (Å²) in [4.78, 5) is 0. The molecule has 11 heavy (non-hydrogen) atoms. The van der Waals surface area contributed by atoms with Crippen LogP contribution >= 0.6 is 12.2 Å². The number of nitrogens with two attached hydrogens (primary N) is 1. The highest BCUT2D eigenvalue weighted by molar-refractivity contribution is 7.80. The van der Waals surface area contributed by atoms with Gasteiger partial charge >= 0.3 is 0 Å². The van der Waals surface area contributed by atoms with Crippen molar-refractivity contribution >= 4 is 17.3 Å². The van der Waals surface area contributed by atoms with Crippen molar-refractivity contribution in [3.63, 3.8) is 0 Å². The van der Waals surface area contributed by atoms with Gasteiger partial charge in [0, 0.05) is 6.54 Å². The van der Waals surface area contributed by atoms with Gasteiger partial charge in [-0.3, -0.25) is 0 Å². The first-order valence-corrected chi connectivity index (χ1v) is 4.48. The minimum atomic E-state index is 0.553. The highest BCUT2D eigenvalue weighted by Gasteiger charge is 2.14. The molecule has 64 valence electrons. The van der Waals surface area contributed by atoms with Crippen LogP contribution in [-0.2, 0) is 0 Å². The fourth-order valence-electron chi connectivity index (χ4n) is 1.50. The largest absolute Gasteiger partial charge is 0.361 e. The molecule has 1 aliphatic carbocycles. The standard InChI is InChI=1S/C7H15N3S/c8-10-7(11)9-5-6-3-1-2-4-6/h6H,1-5,8H2,(H2,9,10,11). The molecule has 0 atom stereocenters. The van der Waals surface area contributed by atoms with Crippen molar-refractivity contribution in [2.45, 2.75) is 25.7 Å². The van der Waals surface area contributed by atoms with Crippen molar-refractivity contribution < 1.29 is 0 Å². The first kappa shape index (κ1) is 8.74. The molecule has 0 aliphatic heterocycles. The van der Waals surface area contributed by atoms with Crippen LogP contribution in [0, 0.1) is 5.92 Å². The first-order valence-electron chi connectivity index (χ1n) is 4.07. The Kier molecular flexibility index (Phi) is 3.59. The smallest absolute Gasteiger partial charge is 0.180 e. The molecule has 0 saturated heterocycles. The van der Waals surface area contributed by atoms with Gasteiger partial charge in [0.15, 0.2) is 5.11 Å². The van der Waals surface area contributed by atoms with Crippen LogP contribution in [0.3, 0.4) is 0 Å².